The summed E-state index contributed by atoms with van der Waals surface area (Å²) in [4.78, 5) is 0. The van der Waals surface area contributed by atoms with E-state index in [0.29, 0.717) is 0 Å². The van der Waals surface area contributed by atoms with Crippen LogP contribution in [0.25, 0.3) is 0 Å². The molecule has 0 amide bonds. The Kier molecular flexibility index (Phi) is 8.77. The summed E-state index contributed by atoms with van der Waals surface area (Å²) < 4.78 is 6.02. The molecule has 0 saturated carbocycles. The van der Waals surface area contributed by atoms with Crippen LogP contribution in [-0.2, 0) is 44.6 Å². The van der Waals surface area contributed by atoms with Crippen molar-refractivity contribution < 1.29 is 42.9 Å². The average molecular weight is 396 g/mol. The third-order valence-corrected chi connectivity index (χ3v) is 3.09. The van der Waals surface area contributed by atoms with Crippen LogP contribution in [0.2, 0.25) is 0 Å². The van der Waals surface area contributed by atoms with E-state index < -0.39 is 0 Å². The molecule has 0 bridgehead atoms. The second-order valence-electron chi connectivity index (χ2n) is 4.16. The van der Waals surface area contributed by atoms with Gasteiger partial charge in [0.2, 0.25) is 0 Å². The first-order chi connectivity index (χ1) is 7.93. The molecule has 1 heterocycles. The summed E-state index contributed by atoms with van der Waals surface area (Å²) in [6.45, 7) is 0. The summed E-state index contributed by atoms with van der Waals surface area (Å²) in [6.07, 6.45) is 2.40. The van der Waals surface area contributed by atoms with Crippen LogP contribution in [-0.4, -0.2) is 0 Å². The molecule has 1 aliphatic rings. The molecule has 1 aliphatic heterocycles. The summed E-state index contributed by atoms with van der Waals surface area (Å²) in [5.74, 6) is 1.04. The maximum absolute atomic E-state index is 6.02. The maximum Gasteiger partial charge on any atom is 0.124 e. The Bertz CT molecular complexity index is 493. The van der Waals surface area contributed by atoms with Crippen molar-refractivity contribution in [3.8, 4) is 5.75 Å². The zero-order chi connectivity index (χ0) is 10.8. The van der Waals surface area contributed by atoms with Gasteiger partial charge in [0.05, 0.1) is 0 Å². The zero-order valence-electron chi connectivity index (χ0n) is 10.4. The first-order valence-electron chi connectivity index (χ1n) is 5.73. The van der Waals surface area contributed by atoms with E-state index in [4.69, 9.17) is 4.74 Å². The van der Waals surface area contributed by atoms with Crippen molar-refractivity contribution in [1.29, 1.82) is 0 Å². The van der Waals surface area contributed by atoms with Crippen LogP contribution in [0.5, 0.6) is 5.75 Å². The number of benzene rings is 2. The largest absolute Gasteiger partial charge is 0.485 e. The van der Waals surface area contributed by atoms with Crippen LogP contribution in [0.4, 0.5) is 0 Å². The van der Waals surface area contributed by atoms with Crippen LogP contribution in [0, 0.1) is 0 Å². The molecule has 1 unspecified atom stereocenters. The molecule has 0 aromatic heterocycles. The van der Waals surface area contributed by atoms with Gasteiger partial charge in [0.25, 0.3) is 0 Å². The summed E-state index contributed by atoms with van der Waals surface area (Å²) in [5.41, 5.74) is 2.60. The van der Waals surface area contributed by atoms with E-state index in [1.165, 1.54) is 11.1 Å². The van der Waals surface area contributed by atoms with Gasteiger partial charge in [-0.05, 0) is 30.0 Å². The van der Waals surface area contributed by atoms with Gasteiger partial charge in [0.1, 0.15) is 11.9 Å². The third kappa shape index (κ3) is 4.39. The van der Waals surface area contributed by atoms with Gasteiger partial charge in [0, 0.05) is 38.1 Å². The van der Waals surface area contributed by atoms with Crippen LogP contribution < -0.4 is 4.74 Å². The predicted octanol–water partition coefficient (Wildman–Crippen LogP) is 3.86. The van der Waals surface area contributed by atoms with Crippen molar-refractivity contribution in [2.24, 2.45) is 0 Å². The molecular weight excluding hydrogens is 380 g/mol. The molecule has 19 heavy (non-hydrogen) atoms. The number of hydrogen-bond donors (Lipinski definition) is 0. The molecule has 0 N–H and O–H groups in total. The number of hydrogen-bond acceptors (Lipinski definition) is 1. The molecule has 0 spiro atoms. The van der Waals surface area contributed by atoms with Gasteiger partial charge in [-0.25, -0.2) is 0 Å². The van der Waals surface area contributed by atoms with Gasteiger partial charge in [-0.3, -0.25) is 0 Å². The monoisotopic (exact) mass is 398 g/mol. The minimum absolute atomic E-state index is 0. The average Bonchev–Trinajstić information content (AvgIpc) is 2.39. The minimum atomic E-state index is 0. The molecule has 0 saturated heterocycles. The first kappa shape index (κ1) is 18.8. The molecule has 3 rings (SSSR count). The van der Waals surface area contributed by atoms with E-state index in [1.807, 2.05) is 12.1 Å². The van der Waals surface area contributed by atoms with E-state index in [1.54, 1.807) is 0 Å². The number of ether oxygens (including phenoxy) is 1. The van der Waals surface area contributed by atoms with Gasteiger partial charge in [-0.2, -0.15) is 13.5 Å². The first-order valence-corrected chi connectivity index (χ1v) is 5.73. The molecule has 0 radical (unpaired) electrons. The van der Waals surface area contributed by atoms with Crippen LogP contribution in [0.15, 0.2) is 54.6 Å². The standard InChI is InChI=1S/C15H14O.Fe.Mo.H2S/c1-2-6-12(7-3-1)15-11-10-13-8-4-5-9-14(13)16-15;;;/h1-9,15H,10-11H2;;;1H2. The molecule has 1 nitrogen and oxygen atoms in total. The summed E-state index contributed by atoms with van der Waals surface area (Å²) in [7, 11) is 0. The molecule has 0 aliphatic carbocycles. The molecule has 2 aromatic carbocycles. The fourth-order valence-electron chi connectivity index (χ4n) is 2.23. The normalized spacial score (nSPS) is 15.7. The number of aryl methyl sites for hydroxylation is 1. The van der Waals surface area contributed by atoms with Crippen molar-refractivity contribution >= 4 is 13.5 Å². The fraction of sp³-hybridized carbons (Fsp3) is 0.200. The topological polar surface area (TPSA) is 9.23 Å². The number of fused-ring (bicyclic) bond motifs is 1. The summed E-state index contributed by atoms with van der Waals surface area (Å²) in [5, 5.41) is 0. The van der Waals surface area contributed by atoms with Crippen molar-refractivity contribution in [2.45, 2.75) is 18.9 Å². The number of rotatable bonds is 1. The zero-order valence-corrected chi connectivity index (χ0v) is 14.5. The van der Waals surface area contributed by atoms with E-state index in [0.717, 1.165) is 18.6 Å². The van der Waals surface area contributed by atoms with Crippen molar-refractivity contribution in [3.63, 3.8) is 0 Å². The Morgan fingerprint density at radius 2 is 1.53 bits per heavy atom. The molecule has 2 aromatic rings. The second-order valence-corrected chi connectivity index (χ2v) is 4.16. The Morgan fingerprint density at radius 3 is 2.26 bits per heavy atom. The quantitative estimate of drug-likeness (QED) is 0.666. The Hall–Kier alpha value is -0.202. The van der Waals surface area contributed by atoms with E-state index in [2.05, 4.69) is 42.5 Å². The molecular formula is C15H16FeMoOS. The van der Waals surface area contributed by atoms with Crippen LogP contribution in [0.1, 0.15) is 23.7 Å². The molecule has 1 atom stereocenters. The van der Waals surface area contributed by atoms with E-state index in [9.17, 15) is 0 Å². The Labute approximate surface area is 146 Å². The van der Waals surface area contributed by atoms with E-state index in [-0.39, 0.29) is 57.7 Å². The summed E-state index contributed by atoms with van der Waals surface area (Å²) >= 11 is 0. The van der Waals surface area contributed by atoms with Gasteiger partial charge in [-0.1, -0.05) is 48.5 Å². The van der Waals surface area contributed by atoms with Crippen LogP contribution >= 0.6 is 13.5 Å². The Morgan fingerprint density at radius 1 is 0.895 bits per heavy atom. The Balaban J connectivity index is 0.00000108. The van der Waals surface area contributed by atoms with Crippen molar-refractivity contribution in [3.05, 3.63) is 65.7 Å². The molecule has 4 heteroatoms. The van der Waals surface area contributed by atoms with E-state index >= 15 is 0 Å². The fourth-order valence-corrected chi connectivity index (χ4v) is 2.23. The molecule has 102 valence electrons. The number of para-hydroxylation sites is 1. The molecule has 0 fully saturated rings. The van der Waals surface area contributed by atoms with Gasteiger partial charge < -0.3 is 4.74 Å². The van der Waals surface area contributed by atoms with Crippen LogP contribution in [0.3, 0.4) is 0 Å². The third-order valence-electron chi connectivity index (χ3n) is 3.09. The smallest absolute Gasteiger partial charge is 0.124 e. The predicted molar refractivity (Wildman–Crippen MR) is 75.0 cm³/mol. The minimum Gasteiger partial charge on any atom is -0.485 e. The SMILES string of the molecule is S.[Fe].[Mo].c1ccc(C2CCc3ccccc3O2)cc1. The second kappa shape index (κ2) is 8.87. The summed E-state index contributed by atoms with van der Waals surface area (Å²) in [6, 6.07) is 18.8. The van der Waals surface area contributed by atoms with Gasteiger partial charge in [-0.15, -0.1) is 0 Å². The maximum atomic E-state index is 6.02. The van der Waals surface area contributed by atoms with Crippen molar-refractivity contribution in [1.82, 2.24) is 0 Å². The van der Waals surface area contributed by atoms with Gasteiger partial charge >= 0.3 is 0 Å². The van der Waals surface area contributed by atoms with Crippen molar-refractivity contribution in [2.75, 3.05) is 0 Å². The van der Waals surface area contributed by atoms with Gasteiger partial charge in [0.15, 0.2) is 0 Å².